The third kappa shape index (κ3) is 4.92. The topological polar surface area (TPSA) is 106 Å². The summed E-state index contributed by atoms with van der Waals surface area (Å²) in [5, 5.41) is 3.97. The van der Waals surface area contributed by atoms with Gasteiger partial charge in [0.1, 0.15) is 11.3 Å². The molecule has 1 aliphatic heterocycles. The van der Waals surface area contributed by atoms with Crippen LogP contribution in [-0.2, 0) is 10.0 Å². The molecule has 0 unspecified atom stereocenters. The van der Waals surface area contributed by atoms with E-state index < -0.39 is 15.8 Å². The summed E-state index contributed by atoms with van der Waals surface area (Å²) < 4.78 is 38.4. The number of rotatable bonds is 9. The molecule has 4 aromatic rings. The zero-order valence-electron chi connectivity index (χ0n) is 20.6. The molecule has 1 fully saturated rings. The van der Waals surface area contributed by atoms with Crippen molar-refractivity contribution in [1.29, 1.82) is 0 Å². The van der Waals surface area contributed by atoms with Gasteiger partial charge in [-0.3, -0.25) is 9.59 Å². The predicted octanol–water partition coefficient (Wildman–Crippen LogP) is 5.41. The Hall–Kier alpha value is -3.66. The van der Waals surface area contributed by atoms with Crippen LogP contribution in [0.3, 0.4) is 0 Å². The first-order chi connectivity index (χ1) is 18.3. The number of benzene rings is 3. The molecule has 0 saturated carbocycles. The van der Waals surface area contributed by atoms with Crippen molar-refractivity contribution < 1.29 is 27.2 Å². The van der Waals surface area contributed by atoms with Gasteiger partial charge in [-0.25, -0.2) is 8.42 Å². The molecule has 10 heteroatoms. The number of para-hydroxylation sites is 1. The summed E-state index contributed by atoms with van der Waals surface area (Å²) >= 11 is 6.22. The van der Waals surface area contributed by atoms with Gasteiger partial charge in [0.25, 0.3) is 0 Å². The second-order valence-corrected chi connectivity index (χ2v) is 11.2. The van der Waals surface area contributed by atoms with E-state index in [1.807, 2.05) is 0 Å². The molecule has 1 aliphatic rings. The molecular weight excluding hydrogens is 528 g/mol. The van der Waals surface area contributed by atoms with Gasteiger partial charge >= 0.3 is 0 Å². The molecule has 1 N–H and O–H groups in total. The lowest BCUT2D eigenvalue weighted by Gasteiger charge is -2.16. The van der Waals surface area contributed by atoms with Crippen LogP contribution in [0.4, 0.5) is 5.69 Å². The number of nitrogens with zero attached hydrogens (tertiary/aromatic N) is 1. The molecule has 0 radical (unpaired) electrons. The highest BCUT2D eigenvalue weighted by Crippen LogP contribution is 2.34. The molecule has 1 saturated heterocycles. The maximum atomic E-state index is 13.4. The maximum absolute atomic E-state index is 13.4. The van der Waals surface area contributed by atoms with E-state index in [-0.39, 0.29) is 33.6 Å². The van der Waals surface area contributed by atoms with E-state index in [4.69, 9.17) is 20.8 Å². The number of furan rings is 1. The second kappa shape index (κ2) is 10.6. The van der Waals surface area contributed by atoms with Gasteiger partial charge in [0, 0.05) is 29.6 Å². The average Bonchev–Trinajstić information content (AvgIpc) is 3.60. The fourth-order valence-corrected chi connectivity index (χ4v) is 6.32. The highest BCUT2D eigenvalue weighted by atomic mass is 35.5. The van der Waals surface area contributed by atoms with Gasteiger partial charge in [-0.2, -0.15) is 4.31 Å². The Balaban J connectivity index is 1.42. The van der Waals surface area contributed by atoms with Crippen LogP contribution in [0, 0.1) is 0 Å². The molecule has 8 nitrogen and oxygen atoms in total. The van der Waals surface area contributed by atoms with Crippen LogP contribution in [0.2, 0.25) is 5.02 Å². The van der Waals surface area contributed by atoms with Crippen molar-refractivity contribution in [3.8, 4) is 5.75 Å². The molecule has 5 rings (SSSR count). The molecule has 38 heavy (non-hydrogen) atoms. The minimum absolute atomic E-state index is 0.0330. The first kappa shape index (κ1) is 26.0. The first-order valence-electron chi connectivity index (χ1n) is 12.1. The molecule has 2 heterocycles. The second-order valence-electron chi connectivity index (χ2n) is 8.90. The van der Waals surface area contributed by atoms with Crippen molar-refractivity contribution in [1.82, 2.24) is 4.31 Å². The smallest absolute Gasteiger partial charge is 0.243 e. The molecular formula is C28H25ClN2O6S. The standard InChI is InChI=1S/C28H25ClN2O6S/c1-36-25-12-11-19(16-22(25)29)27(33)28-26(21-9-2-3-10-24(21)37-28)30-17-23(32)18-7-6-8-20(15-18)38(34,35)31-13-4-5-14-31/h2-3,6-12,15-16,30H,4-5,13-14,17H2,1H3. The molecule has 0 amide bonds. The number of Topliss-reactive ketones (excluding diaryl/α,β-unsaturated/α-hetero) is 1. The fraction of sp³-hybridized carbons (Fsp3) is 0.214. The Morgan fingerprint density at radius 1 is 1.00 bits per heavy atom. The first-order valence-corrected chi connectivity index (χ1v) is 13.9. The largest absolute Gasteiger partial charge is 0.495 e. The van der Waals surface area contributed by atoms with E-state index in [0.29, 0.717) is 41.1 Å². The van der Waals surface area contributed by atoms with Gasteiger partial charge in [-0.05, 0) is 55.3 Å². The molecule has 196 valence electrons. The third-order valence-electron chi connectivity index (χ3n) is 6.50. The van der Waals surface area contributed by atoms with Gasteiger partial charge in [-0.15, -0.1) is 0 Å². The lowest BCUT2D eigenvalue weighted by Crippen LogP contribution is -2.28. The number of hydrogen-bond donors (Lipinski definition) is 1. The number of nitrogens with one attached hydrogen (secondary N) is 1. The summed E-state index contributed by atoms with van der Waals surface area (Å²) in [7, 11) is -2.17. The number of carbonyl (C=O) groups excluding carboxylic acids is 2. The van der Waals surface area contributed by atoms with Gasteiger partial charge in [0.15, 0.2) is 11.5 Å². The van der Waals surface area contributed by atoms with Crippen LogP contribution >= 0.6 is 11.6 Å². The number of ketones is 2. The summed E-state index contributed by atoms with van der Waals surface area (Å²) in [6, 6.07) is 17.8. The maximum Gasteiger partial charge on any atom is 0.243 e. The van der Waals surface area contributed by atoms with Crippen LogP contribution in [0.15, 0.2) is 76.0 Å². The number of sulfonamides is 1. The van der Waals surface area contributed by atoms with Crippen molar-refractivity contribution in [2.24, 2.45) is 0 Å². The molecule has 0 bridgehead atoms. The summed E-state index contributed by atoms with van der Waals surface area (Å²) in [6.07, 6.45) is 1.65. The quantitative estimate of drug-likeness (QED) is 0.277. The molecule has 3 aromatic carbocycles. The summed E-state index contributed by atoms with van der Waals surface area (Å²) in [5.41, 5.74) is 1.39. The van der Waals surface area contributed by atoms with Crippen LogP contribution < -0.4 is 10.1 Å². The van der Waals surface area contributed by atoms with Crippen LogP contribution in [0.25, 0.3) is 11.0 Å². The number of halogens is 1. The lowest BCUT2D eigenvalue weighted by molar-refractivity contribution is 0.0997. The average molecular weight is 553 g/mol. The summed E-state index contributed by atoms with van der Waals surface area (Å²) in [4.78, 5) is 26.6. The van der Waals surface area contributed by atoms with Crippen molar-refractivity contribution in [2.75, 3.05) is 32.1 Å². The highest BCUT2D eigenvalue weighted by molar-refractivity contribution is 7.89. The molecule has 1 aromatic heterocycles. The minimum atomic E-state index is -3.66. The SMILES string of the molecule is COc1ccc(C(=O)c2oc3ccccc3c2NCC(=O)c2cccc(S(=O)(=O)N3CCCC3)c2)cc1Cl. The van der Waals surface area contributed by atoms with Gasteiger partial charge in [-0.1, -0.05) is 35.9 Å². The van der Waals surface area contributed by atoms with E-state index in [9.17, 15) is 18.0 Å². The Morgan fingerprint density at radius 2 is 1.76 bits per heavy atom. The lowest BCUT2D eigenvalue weighted by atomic mass is 10.1. The minimum Gasteiger partial charge on any atom is -0.495 e. The monoisotopic (exact) mass is 552 g/mol. The number of fused-ring (bicyclic) bond motifs is 1. The molecule has 0 aliphatic carbocycles. The van der Waals surface area contributed by atoms with Gasteiger partial charge < -0.3 is 14.5 Å². The van der Waals surface area contributed by atoms with Crippen LogP contribution in [-0.4, -0.2) is 51.0 Å². The number of anilines is 1. The Bertz CT molecular complexity index is 1640. The van der Waals surface area contributed by atoms with Gasteiger partial charge in [0.05, 0.1) is 29.3 Å². The van der Waals surface area contributed by atoms with E-state index >= 15 is 0 Å². The zero-order chi connectivity index (χ0) is 26.9. The Morgan fingerprint density at radius 3 is 2.50 bits per heavy atom. The predicted molar refractivity (Wildman–Crippen MR) is 145 cm³/mol. The van der Waals surface area contributed by atoms with E-state index in [0.717, 1.165) is 12.8 Å². The Labute approximate surface area is 225 Å². The van der Waals surface area contributed by atoms with Crippen molar-refractivity contribution in [3.63, 3.8) is 0 Å². The normalized spacial score (nSPS) is 14.1. The van der Waals surface area contributed by atoms with E-state index in [1.54, 1.807) is 48.5 Å². The number of methoxy groups -OCH3 is 1. The van der Waals surface area contributed by atoms with E-state index in [2.05, 4.69) is 5.32 Å². The third-order valence-corrected chi connectivity index (χ3v) is 8.69. The summed E-state index contributed by atoms with van der Waals surface area (Å²) in [5.74, 6) is -0.282. The zero-order valence-corrected chi connectivity index (χ0v) is 22.1. The van der Waals surface area contributed by atoms with Crippen molar-refractivity contribution in [3.05, 3.63) is 88.6 Å². The molecule has 0 atom stereocenters. The van der Waals surface area contributed by atoms with Crippen LogP contribution in [0.1, 0.15) is 39.3 Å². The van der Waals surface area contributed by atoms with Crippen molar-refractivity contribution >= 4 is 49.8 Å². The highest BCUT2D eigenvalue weighted by Gasteiger charge is 2.28. The number of carbonyl (C=O) groups is 2. The summed E-state index contributed by atoms with van der Waals surface area (Å²) in [6.45, 7) is 0.776. The fourth-order valence-electron chi connectivity index (χ4n) is 4.50. The molecule has 0 spiro atoms. The van der Waals surface area contributed by atoms with E-state index in [1.165, 1.54) is 29.6 Å². The van der Waals surface area contributed by atoms with Crippen LogP contribution in [0.5, 0.6) is 5.75 Å². The Kier molecular flexibility index (Phi) is 7.25. The van der Waals surface area contributed by atoms with Gasteiger partial charge in [0.2, 0.25) is 15.8 Å². The number of ether oxygens (including phenoxy) is 1. The van der Waals surface area contributed by atoms with Crippen molar-refractivity contribution in [2.45, 2.75) is 17.7 Å². The number of hydrogen-bond acceptors (Lipinski definition) is 7.